The van der Waals surface area contributed by atoms with Gasteiger partial charge in [0.15, 0.2) is 0 Å². The molecule has 5 nitrogen and oxygen atoms in total. The predicted molar refractivity (Wildman–Crippen MR) is 69.6 cm³/mol. The fourth-order valence-electron chi connectivity index (χ4n) is 2.87. The third kappa shape index (κ3) is 3.08. The van der Waals surface area contributed by atoms with Gasteiger partial charge >= 0.3 is 5.97 Å². The highest BCUT2D eigenvalue weighted by Gasteiger charge is 2.53. The Bertz CT molecular complexity index is 364. The topological polar surface area (TPSA) is 75.6 Å². The van der Waals surface area contributed by atoms with E-state index >= 15 is 0 Å². The maximum Gasteiger partial charge on any atom is 0.326 e. The number of aliphatic carboxylic acids is 1. The first-order valence-corrected chi connectivity index (χ1v) is 7.09. The Hall–Kier alpha value is -1.10. The molecule has 1 aliphatic heterocycles. The first kappa shape index (κ1) is 14.3. The van der Waals surface area contributed by atoms with Crippen LogP contribution >= 0.6 is 0 Å². The zero-order chi connectivity index (χ0) is 14.0. The molecule has 2 rings (SSSR count). The van der Waals surface area contributed by atoms with E-state index < -0.39 is 12.0 Å². The molecular weight excluding hydrogens is 246 g/mol. The molecule has 4 atom stereocenters. The molecule has 4 unspecified atom stereocenters. The second-order valence-electron chi connectivity index (χ2n) is 6.07. The number of amides is 1. The molecule has 2 N–H and O–H groups in total. The molecule has 0 aromatic rings. The largest absolute Gasteiger partial charge is 0.480 e. The maximum atomic E-state index is 12.1. The van der Waals surface area contributed by atoms with Gasteiger partial charge in [0.05, 0.1) is 6.61 Å². The lowest BCUT2D eigenvalue weighted by Crippen LogP contribution is -2.49. The molecule has 19 heavy (non-hydrogen) atoms. The van der Waals surface area contributed by atoms with Gasteiger partial charge in [0.2, 0.25) is 5.91 Å². The van der Waals surface area contributed by atoms with E-state index in [4.69, 9.17) is 4.74 Å². The highest BCUT2D eigenvalue weighted by Crippen LogP contribution is 2.54. The molecule has 1 heterocycles. The minimum atomic E-state index is -0.956. The maximum absolute atomic E-state index is 12.1. The van der Waals surface area contributed by atoms with Crippen LogP contribution in [0.25, 0.3) is 0 Å². The molecule has 0 aromatic heterocycles. The van der Waals surface area contributed by atoms with Crippen LogP contribution in [0.1, 0.15) is 39.5 Å². The molecular formula is C14H23NO4. The van der Waals surface area contributed by atoms with E-state index in [0.29, 0.717) is 13.2 Å². The van der Waals surface area contributed by atoms with Gasteiger partial charge in [-0.2, -0.15) is 0 Å². The van der Waals surface area contributed by atoms with E-state index in [1.165, 1.54) is 0 Å². The van der Waals surface area contributed by atoms with Crippen molar-refractivity contribution in [2.75, 3.05) is 13.2 Å². The van der Waals surface area contributed by atoms with Crippen LogP contribution in [0, 0.1) is 17.3 Å². The van der Waals surface area contributed by atoms with Gasteiger partial charge < -0.3 is 15.2 Å². The van der Waals surface area contributed by atoms with Gasteiger partial charge in [-0.25, -0.2) is 4.79 Å². The lowest BCUT2D eigenvalue weighted by molar-refractivity contribution is -0.145. The summed E-state index contributed by atoms with van der Waals surface area (Å²) in [5.41, 5.74) is 0.0657. The normalized spacial score (nSPS) is 35.5. The fraction of sp³-hybridized carbons (Fsp3) is 0.857. The summed E-state index contributed by atoms with van der Waals surface area (Å²) in [6.45, 7) is 5.26. The summed E-state index contributed by atoms with van der Waals surface area (Å²) in [7, 11) is 0. The number of rotatable bonds is 5. The lowest BCUT2D eigenvalue weighted by Gasteiger charge is -2.28. The van der Waals surface area contributed by atoms with Crippen molar-refractivity contribution in [1.29, 1.82) is 0 Å². The molecule has 1 saturated heterocycles. The van der Waals surface area contributed by atoms with Crippen LogP contribution in [0.3, 0.4) is 0 Å². The van der Waals surface area contributed by atoms with Crippen LogP contribution in [0.15, 0.2) is 0 Å². The smallest absolute Gasteiger partial charge is 0.326 e. The molecule has 0 spiro atoms. The zero-order valence-corrected chi connectivity index (χ0v) is 11.6. The molecule has 1 saturated carbocycles. The van der Waals surface area contributed by atoms with E-state index in [0.717, 1.165) is 25.7 Å². The van der Waals surface area contributed by atoms with Crippen molar-refractivity contribution in [2.45, 2.75) is 45.6 Å². The van der Waals surface area contributed by atoms with Crippen molar-refractivity contribution in [1.82, 2.24) is 5.32 Å². The molecule has 5 heteroatoms. The Balaban J connectivity index is 1.94. The molecule has 1 aliphatic carbocycles. The first-order chi connectivity index (χ1) is 8.98. The zero-order valence-electron chi connectivity index (χ0n) is 11.6. The summed E-state index contributed by atoms with van der Waals surface area (Å²) in [5, 5.41) is 12.0. The molecule has 2 aliphatic rings. The molecule has 0 bridgehead atoms. The van der Waals surface area contributed by atoms with E-state index in [-0.39, 0.29) is 23.2 Å². The van der Waals surface area contributed by atoms with Gasteiger partial charge in [0, 0.05) is 18.4 Å². The van der Waals surface area contributed by atoms with Crippen LogP contribution in [-0.2, 0) is 14.3 Å². The Morgan fingerprint density at radius 1 is 1.53 bits per heavy atom. The van der Waals surface area contributed by atoms with E-state index in [9.17, 15) is 14.7 Å². The van der Waals surface area contributed by atoms with Gasteiger partial charge in [0.25, 0.3) is 0 Å². The average molecular weight is 269 g/mol. The van der Waals surface area contributed by atoms with Gasteiger partial charge in [-0.1, -0.05) is 13.8 Å². The van der Waals surface area contributed by atoms with Crippen LogP contribution in [-0.4, -0.2) is 36.2 Å². The predicted octanol–water partition coefficient (Wildman–Crippen LogP) is 1.42. The van der Waals surface area contributed by atoms with Gasteiger partial charge in [-0.3, -0.25) is 4.79 Å². The summed E-state index contributed by atoms with van der Waals surface area (Å²) >= 11 is 0. The third-order valence-corrected chi connectivity index (χ3v) is 4.71. The number of hydrogen-bond acceptors (Lipinski definition) is 3. The summed E-state index contributed by atoms with van der Waals surface area (Å²) in [4.78, 5) is 23.5. The van der Waals surface area contributed by atoms with E-state index in [2.05, 4.69) is 19.2 Å². The Morgan fingerprint density at radius 2 is 2.26 bits per heavy atom. The van der Waals surface area contributed by atoms with Crippen molar-refractivity contribution < 1.29 is 19.4 Å². The molecule has 108 valence electrons. The van der Waals surface area contributed by atoms with Crippen molar-refractivity contribution in [3.05, 3.63) is 0 Å². The number of carbonyl (C=O) groups excluding carboxylic acids is 1. The van der Waals surface area contributed by atoms with E-state index in [1.54, 1.807) is 0 Å². The first-order valence-electron chi connectivity index (χ1n) is 7.09. The molecule has 2 fully saturated rings. The van der Waals surface area contributed by atoms with Crippen molar-refractivity contribution in [3.63, 3.8) is 0 Å². The third-order valence-electron chi connectivity index (χ3n) is 4.71. The second kappa shape index (κ2) is 5.49. The average Bonchev–Trinajstić information content (AvgIpc) is 3.09. The van der Waals surface area contributed by atoms with Crippen LogP contribution in [0.2, 0.25) is 0 Å². The number of nitrogens with one attached hydrogen (secondary N) is 1. The second-order valence-corrected chi connectivity index (χ2v) is 6.07. The Morgan fingerprint density at radius 3 is 2.74 bits per heavy atom. The van der Waals surface area contributed by atoms with Crippen LogP contribution < -0.4 is 5.32 Å². The van der Waals surface area contributed by atoms with Crippen LogP contribution in [0.5, 0.6) is 0 Å². The van der Waals surface area contributed by atoms with Crippen molar-refractivity contribution in [2.24, 2.45) is 17.3 Å². The minimum Gasteiger partial charge on any atom is -0.480 e. The number of ether oxygens (including phenoxy) is 1. The SMILES string of the molecule is CCC1(C)CC1C(=O)NC(C(=O)O)C1CCCOC1. The number of carboxylic acids is 1. The van der Waals surface area contributed by atoms with Gasteiger partial charge in [-0.05, 0) is 31.1 Å². The summed E-state index contributed by atoms with van der Waals surface area (Å²) in [6.07, 6.45) is 3.48. The minimum absolute atomic E-state index is 0.0242. The molecule has 0 aromatic carbocycles. The number of carbonyl (C=O) groups is 2. The van der Waals surface area contributed by atoms with Crippen LogP contribution in [0.4, 0.5) is 0 Å². The monoisotopic (exact) mass is 269 g/mol. The van der Waals surface area contributed by atoms with Crippen molar-refractivity contribution in [3.8, 4) is 0 Å². The Labute approximate surface area is 113 Å². The highest BCUT2D eigenvalue weighted by molar-refractivity contribution is 5.87. The lowest BCUT2D eigenvalue weighted by atomic mass is 9.93. The Kier molecular flexibility index (Phi) is 4.13. The quantitative estimate of drug-likeness (QED) is 0.791. The van der Waals surface area contributed by atoms with E-state index in [1.807, 2.05) is 0 Å². The highest BCUT2D eigenvalue weighted by atomic mass is 16.5. The standard InChI is InChI=1S/C14H23NO4/c1-3-14(2)7-10(14)12(16)15-11(13(17)18)9-5-4-6-19-8-9/h9-11H,3-8H2,1-2H3,(H,15,16)(H,17,18). The number of carboxylic acid groups (broad SMARTS) is 1. The van der Waals surface area contributed by atoms with Gasteiger partial charge in [-0.15, -0.1) is 0 Å². The summed E-state index contributed by atoms with van der Waals surface area (Å²) in [6, 6.07) is -0.811. The van der Waals surface area contributed by atoms with Gasteiger partial charge in [0.1, 0.15) is 6.04 Å². The molecule has 0 radical (unpaired) electrons. The summed E-state index contributed by atoms with van der Waals surface area (Å²) in [5.74, 6) is -1.20. The van der Waals surface area contributed by atoms with Crippen molar-refractivity contribution >= 4 is 11.9 Å². The number of hydrogen-bond donors (Lipinski definition) is 2. The summed E-state index contributed by atoms with van der Waals surface area (Å²) < 4.78 is 5.32. The fourth-order valence-corrected chi connectivity index (χ4v) is 2.87. The molecule has 1 amide bonds.